The largest absolute Gasteiger partial charge is 0.396 e. The van der Waals surface area contributed by atoms with Crippen molar-refractivity contribution in [3.63, 3.8) is 0 Å². The van der Waals surface area contributed by atoms with Crippen molar-refractivity contribution in [2.75, 3.05) is 23.4 Å². The minimum Gasteiger partial charge on any atom is -0.396 e. The van der Waals surface area contributed by atoms with E-state index in [0.717, 1.165) is 41.2 Å². The van der Waals surface area contributed by atoms with Gasteiger partial charge in [-0.25, -0.2) is 0 Å². The third-order valence-electron chi connectivity index (χ3n) is 6.02. The van der Waals surface area contributed by atoms with Crippen LogP contribution in [-0.2, 0) is 6.42 Å². The molecule has 1 spiro atoms. The molecule has 2 unspecified atom stereocenters. The zero-order chi connectivity index (χ0) is 18.4. The maximum atomic E-state index is 10.1. The lowest BCUT2D eigenvalue weighted by molar-refractivity contribution is 0.205. The first-order valence-corrected chi connectivity index (χ1v) is 9.24. The topological polar surface area (TPSA) is 64.2 Å². The summed E-state index contributed by atoms with van der Waals surface area (Å²) in [4.78, 5) is 2.24. The van der Waals surface area contributed by atoms with E-state index in [4.69, 9.17) is 0 Å². The first kappa shape index (κ1) is 16.1. The maximum absolute atomic E-state index is 10.1. The zero-order valence-corrected chi connectivity index (χ0v) is 15.0. The summed E-state index contributed by atoms with van der Waals surface area (Å²) in [5, 5.41) is 20.6. The Hall–Kier alpha value is -3.05. The maximum Gasteiger partial charge on any atom is 0.0878 e. The summed E-state index contributed by atoms with van der Waals surface area (Å²) >= 11 is 0. The van der Waals surface area contributed by atoms with Gasteiger partial charge in [0, 0.05) is 47.7 Å². The Balaban J connectivity index is 1.46. The van der Waals surface area contributed by atoms with Crippen molar-refractivity contribution in [2.45, 2.75) is 12.0 Å². The van der Waals surface area contributed by atoms with Gasteiger partial charge in [0.25, 0.3) is 0 Å². The molecule has 0 amide bonds. The lowest BCUT2D eigenvalue weighted by Gasteiger charge is -2.32. The van der Waals surface area contributed by atoms with Crippen molar-refractivity contribution in [2.24, 2.45) is 5.92 Å². The smallest absolute Gasteiger partial charge is 0.0878 e. The van der Waals surface area contributed by atoms with Crippen LogP contribution in [0.2, 0.25) is 0 Å². The Morgan fingerprint density at radius 2 is 1.96 bits per heavy atom. The number of hydrogen-bond donors (Lipinski definition) is 3. The molecule has 2 aliphatic heterocycles. The average Bonchev–Trinajstić information content (AvgIpc) is 3.42. The third kappa shape index (κ3) is 2.39. The Kier molecular flexibility index (Phi) is 3.58. The van der Waals surface area contributed by atoms with Crippen LogP contribution >= 0.6 is 0 Å². The summed E-state index contributed by atoms with van der Waals surface area (Å²) in [7, 11) is 0. The van der Waals surface area contributed by atoms with Crippen molar-refractivity contribution in [3.8, 4) is 11.1 Å². The van der Waals surface area contributed by atoms with E-state index in [0.29, 0.717) is 0 Å². The van der Waals surface area contributed by atoms with Crippen LogP contribution in [0.3, 0.4) is 0 Å². The van der Waals surface area contributed by atoms with E-state index in [2.05, 4.69) is 69.5 Å². The lowest BCUT2D eigenvalue weighted by Crippen LogP contribution is -2.44. The number of aliphatic hydroxyl groups is 1. The van der Waals surface area contributed by atoms with Crippen LogP contribution in [0.15, 0.2) is 73.2 Å². The molecule has 2 aliphatic rings. The van der Waals surface area contributed by atoms with Gasteiger partial charge in [0.05, 0.1) is 18.3 Å². The molecule has 2 atom stereocenters. The normalized spacial score (nSPS) is 23.7. The fourth-order valence-electron chi connectivity index (χ4n) is 4.48. The van der Waals surface area contributed by atoms with Crippen LogP contribution in [0.25, 0.3) is 11.1 Å². The standard InChI is InChI=1S/C22H22N4O/c1-15-22(10-17-4-2-3-5-21(17)25-22)19(14-27)13-26(15)20-8-6-16(7-9-20)18-11-23-24-12-18/h2-9,11-12,19,25,27H,1,10,13-14H2,(H,23,24). The molecule has 3 N–H and O–H groups in total. The van der Waals surface area contributed by atoms with Crippen LogP contribution in [0.1, 0.15) is 5.56 Å². The molecule has 136 valence electrons. The molecule has 0 bridgehead atoms. The highest BCUT2D eigenvalue weighted by molar-refractivity contribution is 5.70. The number of para-hydroxylation sites is 1. The second-order valence-electron chi connectivity index (χ2n) is 7.40. The Labute approximate surface area is 158 Å². The third-order valence-corrected chi connectivity index (χ3v) is 6.02. The van der Waals surface area contributed by atoms with Gasteiger partial charge in [-0.05, 0) is 29.3 Å². The van der Waals surface area contributed by atoms with Gasteiger partial charge in [-0.3, -0.25) is 5.10 Å². The van der Waals surface area contributed by atoms with Gasteiger partial charge in [0.1, 0.15) is 0 Å². The minimum atomic E-state index is -0.318. The number of benzene rings is 2. The molecular formula is C22H22N4O. The van der Waals surface area contributed by atoms with E-state index in [1.807, 2.05) is 18.5 Å². The summed E-state index contributed by atoms with van der Waals surface area (Å²) in [5.74, 6) is 0.0888. The van der Waals surface area contributed by atoms with Crippen molar-refractivity contribution in [3.05, 3.63) is 78.8 Å². The summed E-state index contributed by atoms with van der Waals surface area (Å²) in [6, 6.07) is 16.8. The van der Waals surface area contributed by atoms with Crippen LogP contribution in [0.4, 0.5) is 11.4 Å². The summed E-state index contributed by atoms with van der Waals surface area (Å²) < 4.78 is 0. The Bertz CT molecular complexity index is 953. The molecule has 0 radical (unpaired) electrons. The van der Waals surface area contributed by atoms with Crippen LogP contribution in [-0.4, -0.2) is 34.0 Å². The number of anilines is 2. The van der Waals surface area contributed by atoms with Crippen LogP contribution < -0.4 is 10.2 Å². The fraction of sp³-hybridized carbons (Fsp3) is 0.227. The number of fused-ring (bicyclic) bond motifs is 1. The lowest BCUT2D eigenvalue weighted by atomic mass is 9.83. The molecule has 1 fully saturated rings. The highest BCUT2D eigenvalue weighted by Gasteiger charge is 2.52. The van der Waals surface area contributed by atoms with Gasteiger partial charge in [0.15, 0.2) is 0 Å². The second-order valence-corrected chi connectivity index (χ2v) is 7.40. The zero-order valence-electron chi connectivity index (χ0n) is 15.0. The van der Waals surface area contributed by atoms with Crippen molar-refractivity contribution < 1.29 is 5.11 Å². The molecule has 3 heterocycles. The molecule has 0 saturated carbocycles. The van der Waals surface area contributed by atoms with Gasteiger partial charge in [0.2, 0.25) is 0 Å². The molecular weight excluding hydrogens is 336 g/mol. The van der Waals surface area contributed by atoms with Gasteiger partial charge in [-0.15, -0.1) is 0 Å². The minimum absolute atomic E-state index is 0.0888. The SMILES string of the molecule is C=C1N(c2ccc(-c3cn[nH]c3)cc2)CC(CO)C12Cc1ccccc1N2. The first-order chi connectivity index (χ1) is 13.2. The van der Waals surface area contributed by atoms with E-state index in [1.165, 1.54) is 5.56 Å². The predicted octanol–water partition coefficient (Wildman–Crippen LogP) is 3.43. The second kappa shape index (κ2) is 5.99. The van der Waals surface area contributed by atoms with Gasteiger partial charge < -0.3 is 15.3 Å². The number of aromatic amines is 1. The van der Waals surface area contributed by atoms with E-state index in [9.17, 15) is 5.11 Å². The molecule has 2 aromatic carbocycles. The van der Waals surface area contributed by atoms with Crippen molar-refractivity contribution in [1.29, 1.82) is 0 Å². The van der Waals surface area contributed by atoms with E-state index in [-0.39, 0.29) is 18.1 Å². The summed E-state index contributed by atoms with van der Waals surface area (Å²) in [6.07, 6.45) is 4.57. The summed E-state index contributed by atoms with van der Waals surface area (Å²) in [6.45, 7) is 5.32. The predicted molar refractivity (Wildman–Crippen MR) is 108 cm³/mol. The monoisotopic (exact) mass is 358 g/mol. The summed E-state index contributed by atoms with van der Waals surface area (Å²) in [5.41, 5.74) is 6.43. The average molecular weight is 358 g/mol. The van der Waals surface area contributed by atoms with Crippen LogP contribution in [0.5, 0.6) is 0 Å². The van der Waals surface area contributed by atoms with Gasteiger partial charge in [-0.1, -0.05) is 36.9 Å². The Morgan fingerprint density at radius 3 is 2.67 bits per heavy atom. The van der Waals surface area contributed by atoms with E-state index >= 15 is 0 Å². The molecule has 5 nitrogen and oxygen atoms in total. The molecule has 3 aromatic rings. The molecule has 5 rings (SSSR count). The van der Waals surface area contributed by atoms with Gasteiger partial charge in [-0.2, -0.15) is 5.10 Å². The van der Waals surface area contributed by atoms with Crippen LogP contribution in [0, 0.1) is 5.92 Å². The number of H-pyrrole nitrogens is 1. The number of nitrogens with one attached hydrogen (secondary N) is 2. The Morgan fingerprint density at radius 1 is 1.15 bits per heavy atom. The fourth-order valence-corrected chi connectivity index (χ4v) is 4.48. The highest BCUT2D eigenvalue weighted by Crippen LogP contribution is 2.48. The number of rotatable bonds is 3. The quantitative estimate of drug-likeness (QED) is 0.671. The highest BCUT2D eigenvalue weighted by atomic mass is 16.3. The number of nitrogens with zero attached hydrogens (tertiary/aromatic N) is 2. The first-order valence-electron chi connectivity index (χ1n) is 9.24. The van der Waals surface area contributed by atoms with Crippen molar-refractivity contribution >= 4 is 11.4 Å². The van der Waals surface area contributed by atoms with E-state index < -0.39 is 0 Å². The van der Waals surface area contributed by atoms with Gasteiger partial charge >= 0.3 is 0 Å². The number of aromatic nitrogens is 2. The molecule has 5 heteroatoms. The number of aliphatic hydroxyl groups excluding tert-OH is 1. The molecule has 1 saturated heterocycles. The van der Waals surface area contributed by atoms with Crippen molar-refractivity contribution in [1.82, 2.24) is 10.2 Å². The molecule has 0 aliphatic carbocycles. The molecule has 1 aromatic heterocycles. The molecule has 27 heavy (non-hydrogen) atoms. The van der Waals surface area contributed by atoms with E-state index in [1.54, 1.807) is 0 Å². The number of hydrogen-bond acceptors (Lipinski definition) is 4.